The molecule has 3 amide bonds. The van der Waals surface area contributed by atoms with E-state index in [1.807, 2.05) is 24.3 Å². The Morgan fingerprint density at radius 1 is 1.00 bits per heavy atom. The fourth-order valence-corrected chi connectivity index (χ4v) is 2.82. The van der Waals surface area contributed by atoms with Crippen molar-refractivity contribution in [2.24, 2.45) is 5.73 Å². The van der Waals surface area contributed by atoms with E-state index in [1.54, 1.807) is 24.3 Å². The maximum atomic E-state index is 12.7. The van der Waals surface area contributed by atoms with Gasteiger partial charge >= 0.3 is 0 Å². The Hall–Kier alpha value is -3.15. The molecule has 0 aliphatic heterocycles. The highest BCUT2D eigenvalue weighted by molar-refractivity contribution is 6.04. The molecule has 1 atom stereocenters. The minimum Gasteiger partial charge on any atom is -0.368 e. The molecule has 2 rings (SSSR count). The van der Waals surface area contributed by atoms with Crippen molar-refractivity contribution in [1.82, 2.24) is 5.32 Å². The number of para-hydroxylation sites is 1. The molecule has 6 heteroatoms. The molecule has 28 heavy (non-hydrogen) atoms. The number of carbonyl (C=O) groups is 3. The summed E-state index contributed by atoms with van der Waals surface area (Å²) >= 11 is 0. The monoisotopic (exact) mass is 381 g/mol. The summed E-state index contributed by atoms with van der Waals surface area (Å²) in [6, 6.07) is 13.6. The zero-order chi connectivity index (χ0) is 20.9. The topological polar surface area (TPSA) is 101 Å². The SMILES string of the molecule is CC(=O)Nc1ccccc1C(=O)N[C@H](Cc1ccc(C(C)(C)C)cc1)C(N)=O. The standard InChI is InChI=1S/C22H27N3O3/c1-14(26)24-18-8-6-5-7-17(18)21(28)25-19(20(23)27)13-15-9-11-16(12-10-15)22(2,3)4/h5-12,19H,13H2,1-4H3,(H2,23,27)(H,24,26)(H,25,28)/t19-/m1/s1. The molecule has 0 unspecified atom stereocenters. The first-order chi connectivity index (χ1) is 13.1. The van der Waals surface area contributed by atoms with Gasteiger partial charge in [0.05, 0.1) is 11.3 Å². The van der Waals surface area contributed by atoms with Crippen LogP contribution in [-0.2, 0) is 21.4 Å². The lowest BCUT2D eigenvalue weighted by Crippen LogP contribution is -2.46. The fourth-order valence-electron chi connectivity index (χ4n) is 2.82. The first kappa shape index (κ1) is 21.2. The minimum atomic E-state index is -0.863. The number of rotatable bonds is 6. The summed E-state index contributed by atoms with van der Waals surface area (Å²) in [6.45, 7) is 7.74. The lowest BCUT2D eigenvalue weighted by atomic mass is 9.86. The molecular weight excluding hydrogens is 354 g/mol. The second-order valence-corrected chi connectivity index (χ2v) is 7.81. The van der Waals surface area contributed by atoms with Crippen LogP contribution in [-0.4, -0.2) is 23.8 Å². The van der Waals surface area contributed by atoms with Crippen molar-refractivity contribution >= 4 is 23.4 Å². The lowest BCUT2D eigenvalue weighted by Gasteiger charge is -2.20. The van der Waals surface area contributed by atoms with Gasteiger partial charge in [0, 0.05) is 13.3 Å². The second kappa shape index (κ2) is 8.69. The van der Waals surface area contributed by atoms with Crippen LogP contribution >= 0.6 is 0 Å². The van der Waals surface area contributed by atoms with E-state index < -0.39 is 17.9 Å². The molecule has 6 nitrogen and oxygen atoms in total. The summed E-state index contributed by atoms with van der Waals surface area (Å²) in [6.07, 6.45) is 0.286. The van der Waals surface area contributed by atoms with E-state index in [9.17, 15) is 14.4 Å². The summed E-state index contributed by atoms with van der Waals surface area (Å²) in [5.41, 5.74) is 8.26. The molecule has 0 bridgehead atoms. The highest BCUT2D eigenvalue weighted by atomic mass is 16.2. The predicted octanol–water partition coefficient (Wildman–Crippen LogP) is 2.77. The number of nitrogens with two attached hydrogens (primary N) is 1. The molecule has 0 saturated heterocycles. The number of hydrogen-bond acceptors (Lipinski definition) is 3. The van der Waals surface area contributed by atoms with Gasteiger partial charge in [-0.1, -0.05) is 57.2 Å². The second-order valence-electron chi connectivity index (χ2n) is 7.81. The normalized spacial score (nSPS) is 12.1. The molecule has 0 aromatic heterocycles. The van der Waals surface area contributed by atoms with E-state index in [0.29, 0.717) is 5.69 Å². The molecule has 148 valence electrons. The number of amides is 3. The van der Waals surface area contributed by atoms with Crippen molar-refractivity contribution in [2.45, 2.75) is 45.6 Å². The third-order valence-electron chi connectivity index (χ3n) is 4.39. The van der Waals surface area contributed by atoms with Crippen LogP contribution in [0.25, 0.3) is 0 Å². The molecule has 0 saturated carbocycles. The van der Waals surface area contributed by atoms with E-state index in [-0.39, 0.29) is 23.3 Å². The maximum absolute atomic E-state index is 12.7. The van der Waals surface area contributed by atoms with Gasteiger partial charge in [0.1, 0.15) is 6.04 Å². The zero-order valence-corrected chi connectivity index (χ0v) is 16.7. The van der Waals surface area contributed by atoms with Gasteiger partial charge in [0.25, 0.3) is 5.91 Å². The Bertz CT molecular complexity index is 867. The number of hydrogen-bond donors (Lipinski definition) is 3. The van der Waals surface area contributed by atoms with Crippen molar-refractivity contribution < 1.29 is 14.4 Å². The van der Waals surface area contributed by atoms with Crippen LogP contribution in [0.4, 0.5) is 5.69 Å². The largest absolute Gasteiger partial charge is 0.368 e. The van der Waals surface area contributed by atoms with Gasteiger partial charge in [-0.2, -0.15) is 0 Å². The molecule has 0 fully saturated rings. The average molecular weight is 381 g/mol. The minimum absolute atomic E-state index is 0.0310. The zero-order valence-electron chi connectivity index (χ0n) is 16.7. The highest BCUT2D eigenvalue weighted by Gasteiger charge is 2.22. The van der Waals surface area contributed by atoms with Gasteiger partial charge in [0.2, 0.25) is 11.8 Å². The summed E-state index contributed by atoms with van der Waals surface area (Å²) in [5.74, 6) is -1.38. The van der Waals surface area contributed by atoms with Crippen LogP contribution in [0.1, 0.15) is 49.2 Å². The summed E-state index contributed by atoms with van der Waals surface area (Å²) in [5, 5.41) is 5.29. The Morgan fingerprint density at radius 3 is 2.14 bits per heavy atom. The van der Waals surface area contributed by atoms with Crippen LogP contribution < -0.4 is 16.4 Å². The molecule has 2 aromatic carbocycles. The maximum Gasteiger partial charge on any atom is 0.254 e. The summed E-state index contributed by atoms with van der Waals surface area (Å²) in [7, 11) is 0. The molecule has 4 N–H and O–H groups in total. The predicted molar refractivity (Wildman–Crippen MR) is 110 cm³/mol. The van der Waals surface area contributed by atoms with Gasteiger partial charge in [-0.25, -0.2) is 0 Å². The van der Waals surface area contributed by atoms with Crippen LogP contribution in [0.3, 0.4) is 0 Å². The smallest absolute Gasteiger partial charge is 0.254 e. The van der Waals surface area contributed by atoms with Crippen molar-refractivity contribution in [2.75, 3.05) is 5.32 Å². The van der Waals surface area contributed by atoms with Gasteiger partial charge in [-0.3, -0.25) is 14.4 Å². The van der Waals surface area contributed by atoms with Crippen molar-refractivity contribution in [3.63, 3.8) is 0 Å². The van der Waals surface area contributed by atoms with Crippen LogP contribution in [0.2, 0.25) is 0 Å². The van der Waals surface area contributed by atoms with Gasteiger partial charge in [-0.05, 0) is 28.7 Å². The van der Waals surface area contributed by atoms with Crippen LogP contribution in [0.5, 0.6) is 0 Å². The Labute approximate surface area is 165 Å². The number of nitrogens with one attached hydrogen (secondary N) is 2. The summed E-state index contributed by atoms with van der Waals surface area (Å²) < 4.78 is 0. The first-order valence-corrected chi connectivity index (χ1v) is 9.14. The van der Waals surface area contributed by atoms with E-state index in [4.69, 9.17) is 5.73 Å². The van der Waals surface area contributed by atoms with Crippen LogP contribution in [0, 0.1) is 0 Å². The average Bonchev–Trinajstić information content (AvgIpc) is 2.60. The van der Waals surface area contributed by atoms with E-state index >= 15 is 0 Å². The number of anilines is 1. The quantitative estimate of drug-likeness (QED) is 0.717. The first-order valence-electron chi connectivity index (χ1n) is 9.14. The lowest BCUT2D eigenvalue weighted by molar-refractivity contribution is -0.119. The van der Waals surface area contributed by atoms with E-state index in [1.165, 1.54) is 12.5 Å². The Kier molecular flexibility index (Phi) is 6.57. The third-order valence-corrected chi connectivity index (χ3v) is 4.39. The molecule has 0 aliphatic rings. The fraction of sp³-hybridized carbons (Fsp3) is 0.318. The molecule has 0 heterocycles. The van der Waals surface area contributed by atoms with Crippen molar-refractivity contribution in [3.05, 3.63) is 65.2 Å². The van der Waals surface area contributed by atoms with Gasteiger partial charge < -0.3 is 16.4 Å². The number of primary amides is 1. The molecule has 0 aliphatic carbocycles. The Morgan fingerprint density at radius 2 is 1.61 bits per heavy atom. The van der Waals surface area contributed by atoms with Gasteiger partial charge in [-0.15, -0.1) is 0 Å². The molecular formula is C22H27N3O3. The molecule has 0 spiro atoms. The number of carbonyl (C=O) groups excluding carboxylic acids is 3. The van der Waals surface area contributed by atoms with E-state index in [2.05, 4.69) is 31.4 Å². The van der Waals surface area contributed by atoms with Crippen LogP contribution in [0.15, 0.2) is 48.5 Å². The Balaban J connectivity index is 2.16. The third kappa shape index (κ3) is 5.67. The number of benzene rings is 2. The van der Waals surface area contributed by atoms with E-state index in [0.717, 1.165) is 5.56 Å². The van der Waals surface area contributed by atoms with Gasteiger partial charge in [0.15, 0.2) is 0 Å². The summed E-state index contributed by atoms with van der Waals surface area (Å²) in [4.78, 5) is 35.9. The van der Waals surface area contributed by atoms with Crippen molar-refractivity contribution in [3.8, 4) is 0 Å². The van der Waals surface area contributed by atoms with Crippen molar-refractivity contribution in [1.29, 1.82) is 0 Å². The molecule has 0 radical (unpaired) electrons. The highest BCUT2D eigenvalue weighted by Crippen LogP contribution is 2.22. The molecule has 2 aromatic rings.